The summed E-state index contributed by atoms with van der Waals surface area (Å²) in [6.07, 6.45) is 3.32. The fourth-order valence-electron chi connectivity index (χ4n) is 4.12. The Morgan fingerprint density at radius 3 is 2.73 bits per heavy atom. The van der Waals surface area contributed by atoms with Crippen molar-refractivity contribution in [3.8, 4) is 17.3 Å². The molecular formula is C27H21N5O4S. The Morgan fingerprint density at radius 1 is 1.03 bits per heavy atom. The summed E-state index contributed by atoms with van der Waals surface area (Å²) in [5, 5.41) is 14.1. The van der Waals surface area contributed by atoms with Crippen LogP contribution in [0.1, 0.15) is 5.76 Å². The molecule has 0 spiro atoms. The van der Waals surface area contributed by atoms with Gasteiger partial charge in [0.05, 0.1) is 31.4 Å². The number of carbonyl (C=O) groups is 1. The number of anilines is 1. The molecular weight excluding hydrogens is 490 g/mol. The van der Waals surface area contributed by atoms with Crippen LogP contribution >= 0.6 is 11.8 Å². The third-order valence-electron chi connectivity index (χ3n) is 5.81. The highest BCUT2D eigenvalue weighted by Crippen LogP contribution is 2.36. The maximum Gasteiger partial charge on any atom is 0.234 e. The molecule has 6 rings (SSSR count). The summed E-state index contributed by atoms with van der Waals surface area (Å²) in [5.74, 6) is 1.78. The van der Waals surface area contributed by atoms with Gasteiger partial charge < -0.3 is 18.9 Å². The van der Waals surface area contributed by atoms with Gasteiger partial charge in [-0.15, -0.1) is 10.2 Å². The molecule has 2 aromatic carbocycles. The van der Waals surface area contributed by atoms with E-state index >= 15 is 0 Å². The van der Waals surface area contributed by atoms with E-state index in [2.05, 4.69) is 20.5 Å². The molecule has 0 fully saturated rings. The average molecular weight is 512 g/mol. The predicted molar refractivity (Wildman–Crippen MR) is 141 cm³/mol. The van der Waals surface area contributed by atoms with Gasteiger partial charge in [0.2, 0.25) is 5.91 Å². The number of benzene rings is 2. The number of nitrogens with one attached hydrogen (secondary N) is 1. The molecule has 10 heteroatoms. The van der Waals surface area contributed by atoms with Crippen molar-refractivity contribution in [3.63, 3.8) is 0 Å². The number of thioether (sulfide) groups is 1. The fourth-order valence-corrected chi connectivity index (χ4v) is 4.85. The topological polar surface area (TPSA) is 108 Å². The molecule has 0 bridgehead atoms. The van der Waals surface area contributed by atoms with Gasteiger partial charge in [-0.2, -0.15) is 0 Å². The highest BCUT2D eigenvalue weighted by molar-refractivity contribution is 7.99. The SMILES string of the molecule is COc1cc2c(cc1NC(=O)CSc1nnc(-c3ccccn3)n1Cc1ccco1)oc1ccccc12. The summed E-state index contributed by atoms with van der Waals surface area (Å²) in [4.78, 5) is 17.4. The molecule has 4 heterocycles. The molecule has 1 N–H and O–H groups in total. The Balaban J connectivity index is 1.23. The van der Waals surface area contributed by atoms with E-state index in [1.54, 1.807) is 25.6 Å². The second kappa shape index (κ2) is 9.82. The van der Waals surface area contributed by atoms with Crippen molar-refractivity contribution in [3.05, 3.63) is 85.0 Å². The molecule has 0 aliphatic rings. The van der Waals surface area contributed by atoms with Gasteiger partial charge in [0.1, 0.15) is 28.4 Å². The zero-order valence-corrected chi connectivity index (χ0v) is 20.6. The van der Waals surface area contributed by atoms with E-state index in [4.69, 9.17) is 13.6 Å². The first kappa shape index (κ1) is 22.9. The van der Waals surface area contributed by atoms with Gasteiger partial charge in [-0.05, 0) is 36.4 Å². The molecule has 0 aliphatic carbocycles. The van der Waals surface area contributed by atoms with Crippen molar-refractivity contribution in [1.82, 2.24) is 19.7 Å². The number of hydrogen-bond acceptors (Lipinski definition) is 8. The number of nitrogens with zero attached hydrogens (tertiary/aromatic N) is 4. The van der Waals surface area contributed by atoms with Crippen LogP contribution in [-0.2, 0) is 11.3 Å². The highest BCUT2D eigenvalue weighted by atomic mass is 32.2. The normalized spacial score (nSPS) is 11.3. The van der Waals surface area contributed by atoms with E-state index in [-0.39, 0.29) is 11.7 Å². The number of para-hydroxylation sites is 1. The van der Waals surface area contributed by atoms with E-state index in [1.165, 1.54) is 11.8 Å². The molecule has 0 saturated heterocycles. The second-order valence-corrected chi connectivity index (χ2v) is 9.11. The van der Waals surface area contributed by atoms with Crippen LogP contribution in [0.15, 0.2) is 93.2 Å². The van der Waals surface area contributed by atoms with Gasteiger partial charge in [0.15, 0.2) is 11.0 Å². The number of rotatable bonds is 8. The molecule has 0 unspecified atom stereocenters. The van der Waals surface area contributed by atoms with E-state index in [9.17, 15) is 4.79 Å². The first-order valence-electron chi connectivity index (χ1n) is 11.5. The molecule has 0 atom stereocenters. The van der Waals surface area contributed by atoms with Crippen LogP contribution in [0.4, 0.5) is 5.69 Å². The number of methoxy groups -OCH3 is 1. The van der Waals surface area contributed by atoms with Gasteiger partial charge in [0.25, 0.3) is 0 Å². The van der Waals surface area contributed by atoms with Crippen LogP contribution in [0.3, 0.4) is 0 Å². The van der Waals surface area contributed by atoms with Crippen molar-refractivity contribution < 1.29 is 18.4 Å². The number of amides is 1. The number of fused-ring (bicyclic) bond motifs is 3. The van der Waals surface area contributed by atoms with Crippen molar-refractivity contribution in [2.75, 3.05) is 18.2 Å². The summed E-state index contributed by atoms with van der Waals surface area (Å²) in [5.41, 5.74) is 2.66. The predicted octanol–water partition coefficient (Wildman–Crippen LogP) is 5.62. The number of ether oxygens (including phenoxy) is 1. The number of aromatic nitrogens is 4. The van der Waals surface area contributed by atoms with Crippen LogP contribution in [0.25, 0.3) is 33.5 Å². The summed E-state index contributed by atoms with van der Waals surface area (Å²) in [7, 11) is 1.57. The molecule has 6 aromatic rings. The van der Waals surface area contributed by atoms with Crippen LogP contribution in [0.2, 0.25) is 0 Å². The summed E-state index contributed by atoms with van der Waals surface area (Å²) < 4.78 is 18.9. The Kier molecular flexibility index (Phi) is 6.07. The minimum atomic E-state index is -0.217. The van der Waals surface area contributed by atoms with Crippen molar-refractivity contribution in [2.24, 2.45) is 0 Å². The maximum absolute atomic E-state index is 13.0. The van der Waals surface area contributed by atoms with Crippen molar-refractivity contribution >= 4 is 45.3 Å². The Hall–Kier alpha value is -4.57. The van der Waals surface area contributed by atoms with Gasteiger partial charge >= 0.3 is 0 Å². The second-order valence-electron chi connectivity index (χ2n) is 8.17. The van der Waals surface area contributed by atoms with Gasteiger partial charge in [-0.1, -0.05) is 36.0 Å². The van der Waals surface area contributed by atoms with E-state index in [1.807, 2.05) is 65.2 Å². The van der Waals surface area contributed by atoms with E-state index in [0.29, 0.717) is 40.2 Å². The lowest BCUT2D eigenvalue weighted by molar-refractivity contribution is -0.113. The molecule has 0 saturated carbocycles. The van der Waals surface area contributed by atoms with Crippen LogP contribution in [0, 0.1) is 0 Å². The van der Waals surface area contributed by atoms with E-state index < -0.39 is 0 Å². The summed E-state index contributed by atoms with van der Waals surface area (Å²) >= 11 is 1.28. The zero-order valence-electron chi connectivity index (χ0n) is 19.7. The largest absolute Gasteiger partial charge is 0.495 e. The lowest BCUT2D eigenvalue weighted by Crippen LogP contribution is -2.15. The Bertz CT molecular complexity index is 1690. The zero-order chi connectivity index (χ0) is 25.2. The molecule has 0 radical (unpaired) electrons. The lowest BCUT2D eigenvalue weighted by Gasteiger charge is -2.11. The van der Waals surface area contributed by atoms with Crippen LogP contribution in [-0.4, -0.2) is 38.5 Å². The minimum Gasteiger partial charge on any atom is -0.495 e. The standard InChI is InChI=1S/C27H21N5O4S/c1-34-24-13-19-18-8-2-3-10-22(18)36-23(19)14-21(24)29-25(33)16-37-27-31-30-26(20-9-4-5-11-28-20)32(27)15-17-7-6-12-35-17/h2-14H,15-16H2,1H3,(H,29,33). The third kappa shape index (κ3) is 4.54. The average Bonchev–Trinajstić information content (AvgIpc) is 3.67. The van der Waals surface area contributed by atoms with Crippen molar-refractivity contribution in [1.29, 1.82) is 0 Å². The van der Waals surface area contributed by atoms with Gasteiger partial charge in [0, 0.05) is 23.0 Å². The first-order valence-corrected chi connectivity index (χ1v) is 12.5. The molecule has 184 valence electrons. The lowest BCUT2D eigenvalue weighted by atomic mass is 10.1. The highest BCUT2D eigenvalue weighted by Gasteiger charge is 2.19. The van der Waals surface area contributed by atoms with E-state index in [0.717, 1.165) is 22.1 Å². The maximum atomic E-state index is 13.0. The Labute approximate surface area is 215 Å². The monoisotopic (exact) mass is 511 g/mol. The third-order valence-corrected chi connectivity index (χ3v) is 6.78. The molecule has 1 amide bonds. The molecule has 4 aromatic heterocycles. The van der Waals surface area contributed by atoms with Gasteiger partial charge in [-0.3, -0.25) is 14.3 Å². The molecule has 0 aliphatic heterocycles. The minimum absolute atomic E-state index is 0.111. The summed E-state index contributed by atoms with van der Waals surface area (Å²) in [6.45, 7) is 0.409. The Morgan fingerprint density at radius 2 is 1.92 bits per heavy atom. The number of pyridine rings is 1. The number of carbonyl (C=O) groups excluding carboxylic acids is 1. The number of furan rings is 2. The fraction of sp³-hybridized carbons (Fsp3) is 0.111. The van der Waals surface area contributed by atoms with Crippen LogP contribution < -0.4 is 10.1 Å². The molecule has 9 nitrogen and oxygen atoms in total. The first-order chi connectivity index (χ1) is 18.2. The summed E-state index contributed by atoms with van der Waals surface area (Å²) in [6, 6.07) is 20.8. The van der Waals surface area contributed by atoms with Gasteiger partial charge in [-0.25, -0.2) is 0 Å². The smallest absolute Gasteiger partial charge is 0.234 e. The van der Waals surface area contributed by atoms with Crippen molar-refractivity contribution in [2.45, 2.75) is 11.7 Å². The molecule has 37 heavy (non-hydrogen) atoms. The van der Waals surface area contributed by atoms with Crippen LogP contribution in [0.5, 0.6) is 5.75 Å². The quantitative estimate of drug-likeness (QED) is 0.262. The number of hydrogen-bond donors (Lipinski definition) is 1.